The van der Waals surface area contributed by atoms with E-state index in [1.165, 1.54) is 5.56 Å². The number of anilines is 1. The smallest absolute Gasteiger partial charge is 0.213 e. The normalized spacial score (nSPS) is 11.0. The highest BCUT2D eigenvalue weighted by Crippen LogP contribution is 2.21. The maximum atomic E-state index is 5.69. The quantitative estimate of drug-likeness (QED) is 0.715. The topological polar surface area (TPSA) is 63.2 Å². The van der Waals surface area contributed by atoms with Crippen molar-refractivity contribution < 1.29 is 4.74 Å². The number of ether oxygens (including phenoxy) is 1. The summed E-state index contributed by atoms with van der Waals surface area (Å²) in [7, 11) is 4.04. The number of nitrogens with one attached hydrogen (secondary N) is 1. The number of benzene rings is 1. The molecule has 0 unspecified atom stereocenters. The van der Waals surface area contributed by atoms with Crippen LogP contribution in [0.15, 0.2) is 42.9 Å². The van der Waals surface area contributed by atoms with Gasteiger partial charge in [0.1, 0.15) is 18.8 Å². The summed E-state index contributed by atoms with van der Waals surface area (Å²) >= 11 is 0. The third-order valence-corrected chi connectivity index (χ3v) is 3.84. The molecule has 0 atom stereocenters. The molecule has 0 spiro atoms. The average Bonchev–Trinajstić information content (AvgIpc) is 2.60. The van der Waals surface area contributed by atoms with Crippen LogP contribution in [0.25, 0.3) is 10.9 Å². The molecule has 0 saturated heterocycles. The number of aryl methyl sites for hydroxylation is 1. The summed E-state index contributed by atoms with van der Waals surface area (Å²) in [5, 5.41) is 4.42. The highest BCUT2D eigenvalue weighted by molar-refractivity contribution is 5.89. The molecule has 6 nitrogen and oxygen atoms in total. The second-order valence-corrected chi connectivity index (χ2v) is 6.25. The lowest BCUT2D eigenvalue weighted by Crippen LogP contribution is -2.19. The summed E-state index contributed by atoms with van der Waals surface area (Å²) in [6.45, 7) is 4.19. The zero-order chi connectivity index (χ0) is 17.6. The number of pyridine rings is 1. The Morgan fingerprint density at radius 1 is 1.08 bits per heavy atom. The molecule has 130 valence electrons. The summed E-state index contributed by atoms with van der Waals surface area (Å²) in [6, 6.07) is 10.1. The van der Waals surface area contributed by atoms with E-state index in [9.17, 15) is 0 Å². The molecule has 0 saturated carbocycles. The Morgan fingerprint density at radius 2 is 1.96 bits per heavy atom. The van der Waals surface area contributed by atoms with Gasteiger partial charge < -0.3 is 15.0 Å². The maximum Gasteiger partial charge on any atom is 0.213 e. The minimum absolute atomic E-state index is 0.618. The number of fused-ring (bicyclic) bond motifs is 1. The largest absolute Gasteiger partial charge is 0.476 e. The summed E-state index contributed by atoms with van der Waals surface area (Å²) in [5.41, 5.74) is 3.21. The van der Waals surface area contributed by atoms with E-state index in [1.54, 1.807) is 12.5 Å². The summed E-state index contributed by atoms with van der Waals surface area (Å²) in [5.74, 6) is 1.48. The van der Waals surface area contributed by atoms with E-state index in [0.717, 1.165) is 28.8 Å². The van der Waals surface area contributed by atoms with Crippen LogP contribution < -0.4 is 10.1 Å². The van der Waals surface area contributed by atoms with Crippen molar-refractivity contribution in [1.82, 2.24) is 19.9 Å². The van der Waals surface area contributed by atoms with Crippen molar-refractivity contribution in [3.8, 4) is 5.88 Å². The number of likely N-dealkylation sites (N-methyl/N-ethyl adjacent to an activating group) is 1. The van der Waals surface area contributed by atoms with Crippen molar-refractivity contribution in [2.24, 2.45) is 0 Å². The van der Waals surface area contributed by atoms with Crippen LogP contribution in [0.4, 0.5) is 5.82 Å². The van der Waals surface area contributed by atoms with Crippen molar-refractivity contribution in [3.05, 3.63) is 54.0 Å². The Labute approximate surface area is 147 Å². The Balaban J connectivity index is 1.69. The van der Waals surface area contributed by atoms with Crippen LogP contribution in [0.2, 0.25) is 0 Å². The van der Waals surface area contributed by atoms with Crippen molar-refractivity contribution >= 4 is 16.7 Å². The van der Waals surface area contributed by atoms with Gasteiger partial charge in [-0.15, -0.1) is 0 Å². The van der Waals surface area contributed by atoms with Crippen LogP contribution in [0.3, 0.4) is 0 Å². The SMILES string of the molecule is Cc1ccc2ncnc(NCc3ccnc(OCCN(C)C)c3)c2c1. The van der Waals surface area contributed by atoms with Crippen molar-refractivity contribution in [3.63, 3.8) is 0 Å². The predicted molar refractivity (Wildman–Crippen MR) is 99.9 cm³/mol. The molecule has 0 fully saturated rings. The van der Waals surface area contributed by atoms with Gasteiger partial charge in [-0.05, 0) is 44.8 Å². The van der Waals surface area contributed by atoms with Crippen LogP contribution in [-0.2, 0) is 6.54 Å². The minimum atomic E-state index is 0.618. The molecular weight excluding hydrogens is 314 g/mol. The van der Waals surface area contributed by atoms with E-state index in [-0.39, 0.29) is 0 Å². The Kier molecular flexibility index (Phi) is 5.40. The van der Waals surface area contributed by atoms with Crippen LogP contribution in [0.1, 0.15) is 11.1 Å². The van der Waals surface area contributed by atoms with Gasteiger partial charge in [-0.3, -0.25) is 0 Å². The zero-order valence-corrected chi connectivity index (χ0v) is 14.9. The molecule has 0 aliphatic carbocycles. The standard InChI is InChI=1S/C19H23N5O/c1-14-4-5-17-16(10-14)19(23-13-22-17)21-12-15-6-7-20-18(11-15)25-9-8-24(2)3/h4-7,10-11,13H,8-9,12H2,1-3H3,(H,21,22,23). The number of hydrogen-bond donors (Lipinski definition) is 1. The van der Waals surface area contributed by atoms with E-state index in [1.807, 2.05) is 32.3 Å². The van der Waals surface area contributed by atoms with Crippen molar-refractivity contribution in [1.29, 1.82) is 0 Å². The zero-order valence-electron chi connectivity index (χ0n) is 14.9. The van der Waals surface area contributed by atoms with Crippen LogP contribution >= 0.6 is 0 Å². The van der Waals surface area contributed by atoms with Gasteiger partial charge in [0.15, 0.2) is 0 Å². The van der Waals surface area contributed by atoms with Gasteiger partial charge in [-0.25, -0.2) is 15.0 Å². The molecule has 3 rings (SSSR count). The first-order chi connectivity index (χ1) is 12.1. The Bertz CT molecular complexity index is 850. The number of rotatable bonds is 7. The predicted octanol–water partition coefficient (Wildman–Crippen LogP) is 2.89. The first-order valence-electron chi connectivity index (χ1n) is 8.29. The molecule has 25 heavy (non-hydrogen) atoms. The van der Waals surface area contributed by atoms with Crippen LogP contribution in [0, 0.1) is 6.92 Å². The summed E-state index contributed by atoms with van der Waals surface area (Å²) in [6.07, 6.45) is 3.35. The van der Waals surface area contributed by atoms with Gasteiger partial charge in [-0.1, -0.05) is 11.6 Å². The molecule has 1 N–H and O–H groups in total. The summed E-state index contributed by atoms with van der Waals surface area (Å²) in [4.78, 5) is 15.0. The van der Waals surface area contributed by atoms with Gasteiger partial charge >= 0.3 is 0 Å². The maximum absolute atomic E-state index is 5.69. The molecule has 0 aliphatic heterocycles. The lowest BCUT2D eigenvalue weighted by Gasteiger charge is -2.12. The molecule has 0 radical (unpaired) electrons. The molecule has 0 amide bonds. The lowest BCUT2D eigenvalue weighted by molar-refractivity contribution is 0.253. The number of nitrogens with zero attached hydrogens (tertiary/aromatic N) is 4. The van der Waals surface area contributed by atoms with Gasteiger partial charge in [0.25, 0.3) is 0 Å². The molecule has 2 heterocycles. The van der Waals surface area contributed by atoms with E-state index < -0.39 is 0 Å². The molecule has 0 aliphatic rings. The third-order valence-electron chi connectivity index (χ3n) is 3.84. The first kappa shape index (κ1) is 17.1. The van der Waals surface area contributed by atoms with E-state index in [4.69, 9.17) is 4.74 Å². The first-order valence-corrected chi connectivity index (χ1v) is 8.29. The van der Waals surface area contributed by atoms with E-state index in [2.05, 4.69) is 44.2 Å². The fourth-order valence-corrected chi connectivity index (χ4v) is 2.47. The van der Waals surface area contributed by atoms with E-state index in [0.29, 0.717) is 19.0 Å². The van der Waals surface area contributed by atoms with Gasteiger partial charge in [0.05, 0.1) is 5.52 Å². The molecule has 1 aromatic carbocycles. The van der Waals surface area contributed by atoms with Gasteiger partial charge in [-0.2, -0.15) is 0 Å². The van der Waals surface area contributed by atoms with Crippen LogP contribution in [-0.4, -0.2) is 47.1 Å². The molecule has 6 heteroatoms. The minimum Gasteiger partial charge on any atom is -0.476 e. The number of aromatic nitrogens is 3. The average molecular weight is 337 g/mol. The molecule has 2 aromatic heterocycles. The van der Waals surface area contributed by atoms with Gasteiger partial charge in [0.2, 0.25) is 5.88 Å². The van der Waals surface area contributed by atoms with Crippen LogP contribution in [0.5, 0.6) is 5.88 Å². The Hall–Kier alpha value is -2.73. The van der Waals surface area contributed by atoms with Crippen molar-refractivity contribution in [2.45, 2.75) is 13.5 Å². The number of hydrogen-bond acceptors (Lipinski definition) is 6. The summed E-state index contributed by atoms with van der Waals surface area (Å²) < 4.78 is 5.69. The van der Waals surface area contributed by atoms with Crippen molar-refractivity contribution in [2.75, 3.05) is 32.6 Å². The Morgan fingerprint density at radius 3 is 2.80 bits per heavy atom. The lowest BCUT2D eigenvalue weighted by atomic mass is 10.1. The molecule has 3 aromatic rings. The highest BCUT2D eigenvalue weighted by atomic mass is 16.5. The second-order valence-electron chi connectivity index (χ2n) is 6.25. The van der Waals surface area contributed by atoms with E-state index >= 15 is 0 Å². The molecule has 0 bridgehead atoms. The molecular formula is C19H23N5O. The fourth-order valence-electron chi connectivity index (χ4n) is 2.47. The second kappa shape index (κ2) is 7.90. The fraction of sp³-hybridized carbons (Fsp3) is 0.316. The third kappa shape index (κ3) is 4.64. The van der Waals surface area contributed by atoms with Gasteiger partial charge in [0, 0.05) is 30.7 Å². The monoisotopic (exact) mass is 337 g/mol. The highest BCUT2D eigenvalue weighted by Gasteiger charge is 2.05.